The topological polar surface area (TPSA) is 15.3 Å². The van der Waals surface area contributed by atoms with Crippen molar-refractivity contribution in [2.45, 2.75) is 40.2 Å². The molecule has 0 fully saturated rings. The largest absolute Gasteiger partial charge is 0.317 e. The van der Waals surface area contributed by atoms with Crippen LogP contribution in [0.1, 0.15) is 34.1 Å². The van der Waals surface area contributed by atoms with Gasteiger partial charge in [0.25, 0.3) is 0 Å². The minimum atomic E-state index is 0.649. The van der Waals surface area contributed by atoms with Crippen LogP contribution in [0.25, 0.3) is 0 Å². The number of likely N-dealkylation sites (N-methyl/N-ethyl adjacent to an activating group) is 1. The molecule has 0 spiro atoms. The van der Waals surface area contributed by atoms with Gasteiger partial charge in [0.1, 0.15) is 0 Å². The van der Waals surface area contributed by atoms with Crippen molar-refractivity contribution in [3.05, 3.63) is 12.2 Å². The van der Waals surface area contributed by atoms with Crippen molar-refractivity contribution >= 4 is 0 Å². The first-order chi connectivity index (χ1) is 6.61. The molecule has 0 heterocycles. The zero-order valence-corrected chi connectivity index (χ0v) is 10.3. The first-order valence-electron chi connectivity index (χ1n) is 5.70. The van der Waals surface area contributed by atoms with Crippen molar-refractivity contribution in [3.8, 4) is 0 Å². The van der Waals surface area contributed by atoms with Crippen LogP contribution in [0.5, 0.6) is 0 Å². The number of hydrogen-bond donors (Lipinski definition) is 1. The zero-order chi connectivity index (χ0) is 11.0. The zero-order valence-electron chi connectivity index (χ0n) is 10.3. The molecule has 0 aromatic carbocycles. The van der Waals surface area contributed by atoms with Gasteiger partial charge in [-0.2, -0.15) is 0 Å². The summed E-state index contributed by atoms with van der Waals surface area (Å²) >= 11 is 0. The summed E-state index contributed by atoms with van der Waals surface area (Å²) in [6.07, 6.45) is 1.22. The average Bonchev–Trinajstić information content (AvgIpc) is 2.14. The lowest BCUT2D eigenvalue weighted by Crippen LogP contribution is -2.36. The molecule has 0 saturated heterocycles. The molecule has 0 aromatic heterocycles. The SMILES string of the molecule is C=C(C)CN(CC)C(C)CCNCC. The molecule has 14 heavy (non-hydrogen) atoms. The van der Waals surface area contributed by atoms with Crippen molar-refractivity contribution in [1.82, 2.24) is 10.2 Å². The molecule has 0 amide bonds. The first-order valence-corrected chi connectivity index (χ1v) is 5.70. The van der Waals surface area contributed by atoms with Crippen molar-refractivity contribution < 1.29 is 0 Å². The summed E-state index contributed by atoms with van der Waals surface area (Å²) in [6, 6.07) is 0.649. The van der Waals surface area contributed by atoms with Crippen molar-refractivity contribution in [3.63, 3.8) is 0 Å². The molecule has 0 radical (unpaired) electrons. The number of rotatable bonds is 8. The summed E-state index contributed by atoms with van der Waals surface area (Å²) < 4.78 is 0. The van der Waals surface area contributed by atoms with E-state index in [1.807, 2.05) is 0 Å². The van der Waals surface area contributed by atoms with Gasteiger partial charge >= 0.3 is 0 Å². The molecule has 0 aliphatic carbocycles. The Morgan fingerprint density at radius 3 is 2.50 bits per heavy atom. The van der Waals surface area contributed by atoms with Gasteiger partial charge in [-0.05, 0) is 39.9 Å². The number of nitrogens with one attached hydrogen (secondary N) is 1. The van der Waals surface area contributed by atoms with Gasteiger partial charge in [-0.3, -0.25) is 4.90 Å². The maximum atomic E-state index is 3.96. The minimum Gasteiger partial charge on any atom is -0.317 e. The van der Waals surface area contributed by atoms with Gasteiger partial charge in [0.2, 0.25) is 0 Å². The third kappa shape index (κ3) is 6.17. The summed E-state index contributed by atoms with van der Waals surface area (Å²) in [5, 5.41) is 3.36. The molecular formula is C12H26N2. The highest BCUT2D eigenvalue weighted by Gasteiger charge is 2.10. The van der Waals surface area contributed by atoms with Crippen LogP contribution in [0.2, 0.25) is 0 Å². The fourth-order valence-electron chi connectivity index (χ4n) is 1.60. The van der Waals surface area contributed by atoms with Gasteiger partial charge in [0, 0.05) is 12.6 Å². The predicted molar refractivity (Wildman–Crippen MR) is 64.7 cm³/mol. The van der Waals surface area contributed by atoms with E-state index < -0.39 is 0 Å². The Kier molecular flexibility index (Phi) is 7.81. The molecule has 0 aliphatic rings. The summed E-state index contributed by atoms with van der Waals surface area (Å²) in [4.78, 5) is 2.47. The van der Waals surface area contributed by atoms with Crippen LogP contribution in [0.15, 0.2) is 12.2 Å². The highest BCUT2D eigenvalue weighted by atomic mass is 15.1. The van der Waals surface area contributed by atoms with E-state index in [1.54, 1.807) is 0 Å². The fourth-order valence-corrected chi connectivity index (χ4v) is 1.60. The molecule has 84 valence electrons. The summed E-state index contributed by atoms with van der Waals surface area (Å²) in [6.45, 7) is 17.0. The van der Waals surface area contributed by atoms with Crippen LogP contribution in [-0.2, 0) is 0 Å². The summed E-state index contributed by atoms with van der Waals surface area (Å²) in [5.41, 5.74) is 1.25. The van der Waals surface area contributed by atoms with Crippen LogP contribution < -0.4 is 5.32 Å². The van der Waals surface area contributed by atoms with E-state index >= 15 is 0 Å². The summed E-state index contributed by atoms with van der Waals surface area (Å²) in [5.74, 6) is 0. The highest BCUT2D eigenvalue weighted by Crippen LogP contribution is 2.05. The third-order valence-electron chi connectivity index (χ3n) is 2.49. The molecule has 0 bridgehead atoms. The monoisotopic (exact) mass is 198 g/mol. The smallest absolute Gasteiger partial charge is 0.0190 e. The molecule has 1 N–H and O–H groups in total. The quantitative estimate of drug-likeness (QED) is 0.475. The molecule has 0 rings (SSSR count). The summed E-state index contributed by atoms with van der Waals surface area (Å²) in [7, 11) is 0. The van der Waals surface area contributed by atoms with E-state index in [4.69, 9.17) is 0 Å². The number of hydrogen-bond acceptors (Lipinski definition) is 2. The second-order valence-electron chi connectivity index (χ2n) is 4.01. The predicted octanol–water partition coefficient (Wildman–Crippen LogP) is 2.27. The molecule has 0 aliphatic heterocycles. The Morgan fingerprint density at radius 1 is 1.43 bits per heavy atom. The third-order valence-corrected chi connectivity index (χ3v) is 2.49. The molecule has 2 nitrogen and oxygen atoms in total. The van der Waals surface area contributed by atoms with E-state index in [9.17, 15) is 0 Å². The van der Waals surface area contributed by atoms with Gasteiger partial charge in [0.15, 0.2) is 0 Å². The normalized spacial score (nSPS) is 13.2. The van der Waals surface area contributed by atoms with Crippen LogP contribution >= 0.6 is 0 Å². The van der Waals surface area contributed by atoms with E-state index in [0.717, 1.165) is 26.2 Å². The van der Waals surface area contributed by atoms with Crippen molar-refractivity contribution in [1.29, 1.82) is 0 Å². The fraction of sp³-hybridized carbons (Fsp3) is 0.833. The molecule has 1 unspecified atom stereocenters. The minimum absolute atomic E-state index is 0.649. The van der Waals surface area contributed by atoms with Gasteiger partial charge in [-0.1, -0.05) is 26.0 Å². The van der Waals surface area contributed by atoms with Crippen LogP contribution in [0, 0.1) is 0 Å². The van der Waals surface area contributed by atoms with Crippen LogP contribution in [0.3, 0.4) is 0 Å². The molecule has 0 saturated carbocycles. The molecule has 1 atom stereocenters. The Labute approximate surface area is 89.4 Å². The Morgan fingerprint density at radius 2 is 2.07 bits per heavy atom. The van der Waals surface area contributed by atoms with E-state index in [-0.39, 0.29) is 0 Å². The van der Waals surface area contributed by atoms with Crippen LogP contribution in [0.4, 0.5) is 0 Å². The molecule has 2 heteroatoms. The Hall–Kier alpha value is -0.340. The van der Waals surface area contributed by atoms with Crippen LogP contribution in [-0.4, -0.2) is 37.1 Å². The molecule has 0 aromatic rings. The lowest BCUT2D eigenvalue weighted by atomic mass is 10.2. The van der Waals surface area contributed by atoms with Gasteiger partial charge in [-0.25, -0.2) is 0 Å². The standard InChI is InChI=1S/C12H26N2/c1-6-13-9-8-12(5)14(7-2)10-11(3)4/h12-13H,3,6-10H2,1-2,4-5H3. The molecular weight excluding hydrogens is 172 g/mol. The van der Waals surface area contributed by atoms with E-state index in [2.05, 4.69) is 44.5 Å². The van der Waals surface area contributed by atoms with Gasteiger partial charge in [0.05, 0.1) is 0 Å². The second-order valence-corrected chi connectivity index (χ2v) is 4.01. The Bertz CT molecular complexity index is 154. The lowest BCUT2D eigenvalue weighted by molar-refractivity contribution is 0.227. The van der Waals surface area contributed by atoms with Crippen molar-refractivity contribution in [2.75, 3.05) is 26.2 Å². The van der Waals surface area contributed by atoms with E-state index in [0.29, 0.717) is 6.04 Å². The Balaban J connectivity index is 3.78. The number of nitrogens with zero attached hydrogens (tertiary/aromatic N) is 1. The lowest BCUT2D eigenvalue weighted by Gasteiger charge is -2.28. The highest BCUT2D eigenvalue weighted by molar-refractivity contribution is 4.92. The van der Waals surface area contributed by atoms with Gasteiger partial charge in [-0.15, -0.1) is 0 Å². The maximum Gasteiger partial charge on any atom is 0.0190 e. The average molecular weight is 198 g/mol. The van der Waals surface area contributed by atoms with Crippen molar-refractivity contribution in [2.24, 2.45) is 0 Å². The first kappa shape index (κ1) is 13.7. The van der Waals surface area contributed by atoms with Gasteiger partial charge < -0.3 is 5.32 Å². The van der Waals surface area contributed by atoms with E-state index in [1.165, 1.54) is 12.0 Å². The second kappa shape index (κ2) is 8.01. The maximum absolute atomic E-state index is 3.96.